The molecule has 2 rings (SSSR count). The molecule has 0 saturated heterocycles. The molecule has 0 radical (unpaired) electrons. The Kier molecular flexibility index (Phi) is 4.80. The zero-order valence-electron chi connectivity index (χ0n) is 10.5. The Labute approximate surface area is 93.9 Å². The molecule has 1 unspecified atom stereocenters. The molecule has 0 fully saturated rings. The first-order valence-electron chi connectivity index (χ1n) is 6.27. The number of pyridine rings is 1. The number of hydrogen-bond donors (Lipinski definition) is 0. The van der Waals surface area contributed by atoms with E-state index in [-0.39, 0.29) is 0 Å². The van der Waals surface area contributed by atoms with Crippen molar-refractivity contribution in [3.63, 3.8) is 0 Å². The summed E-state index contributed by atoms with van der Waals surface area (Å²) in [6.07, 6.45) is 5.15. The van der Waals surface area contributed by atoms with Crippen LogP contribution in [0.15, 0.2) is 12.1 Å². The van der Waals surface area contributed by atoms with Crippen LogP contribution in [0.3, 0.4) is 0 Å². The maximum absolute atomic E-state index is 4.67. The molecule has 1 heterocycles. The molecule has 0 N–H and O–H groups in total. The van der Waals surface area contributed by atoms with Crippen molar-refractivity contribution in [3.05, 3.63) is 29.1 Å². The first kappa shape index (κ1) is 12.2. The van der Waals surface area contributed by atoms with Crippen molar-refractivity contribution >= 4 is 0 Å². The average Bonchev–Trinajstić information content (AvgIpc) is 2.31. The van der Waals surface area contributed by atoms with E-state index in [0.717, 1.165) is 5.92 Å². The van der Waals surface area contributed by atoms with Crippen LogP contribution in [0.25, 0.3) is 0 Å². The van der Waals surface area contributed by atoms with Crippen LogP contribution < -0.4 is 0 Å². The molecule has 1 heteroatoms. The van der Waals surface area contributed by atoms with E-state index in [1.165, 1.54) is 42.6 Å². The van der Waals surface area contributed by atoms with Gasteiger partial charge in [-0.1, -0.05) is 26.8 Å². The van der Waals surface area contributed by atoms with E-state index in [0.29, 0.717) is 0 Å². The topological polar surface area (TPSA) is 12.9 Å². The van der Waals surface area contributed by atoms with Crippen LogP contribution in [-0.2, 0) is 6.42 Å². The molecule has 0 saturated carbocycles. The normalized spacial score (nSPS) is 18.8. The molecule has 1 aliphatic rings. The summed E-state index contributed by atoms with van der Waals surface area (Å²) in [5.41, 5.74) is 4.04. The van der Waals surface area contributed by atoms with Gasteiger partial charge in [0, 0.05) is 17.3 Å². The van der Waals surface area contributed by atoms with Crippen molar-refractivity contribution in [2.24, 2.45) is 0 Å². The summed E-state index contributed by atoms with van der Waals surface area (Å²) >= 11 is 0. The summed E-state index contributed by atoms with van der Waals surface area (Å²) < 4.78 is 0. The number of rotatable bonds is 1. The zero-order valence-corrected chi connectivity index (χ0v) is 10.5. The van der Waals surface area contributed by atoms with Gasteiger partial charge in [-0.25, -0.2) is 0 Å². The Morgan fingerprint density at radius 3 is 2.73 bits per heavy atom. The van der Waals surface area contributed by atoms with E-state index in [2.05, 4.69) is 31.0 Å². The lowest BCUT2D eigenvalue weighted by Crippen LogP contribution is -2.11. The van der Waals surface area contributed by atoms with E-state index in [1.807, 2.05) is 13.8 Å². The van der Waals surface area contributed by atoms with E-state index in [9.17, 15) is 0 Å². The van der Waals surface area contributed by atoms with Crippen molar-refractivity contribution in [2.45, 2.75) is 59.3 Å². The van der Waals surface area contributed by atoms with Crippen molar-refractivity contribution in [3.8, 4) is 0 Å². The molecule has 1 aromatic heterocycles. The molecule has 1 nitrogen and oxygen atoms in total. The molecule has 15 heavy (non-hydrogen) atoms. The Balaban J connectivity index is 0.000000531. The van der Waals surface area contributed by atoms with Gasteiger partial charge in [-0.2, -0.15) is 0 Å². The number of aryl methyl sites for hydroxylation is 2. The second kappa shape index (κ2) is 5.89. The van der Waals surface area contributed by atoms with Gasteiger partial charge in [-0.05, 0) is 44.2 Å². The highest BCUT2D eigenvalue weighted by Crippen LogP contribution is 2.32. The monoisotopic (exact) mass is 205 g/mol. The van der Waals surface area contributed by atoms with Gasteiger partial charge < -0.3 is 0 Å². The highest BCUT2D eigenvalue weighted by molar-refractivity contribution is 5.28. The summed E-state index contributed by atoms with van der Waals surface area (Å²) in [5, 5.41) is 0. The molecule has 84 valence electrons. The maximum Gasteiger partial charge on any atom is 0.0469 e. The fourth-order valence-electron chi connectivity index (χ4n) is 2.24. The first-order chi connectivity index (χ1) is 7.31. The van der Waals surface area contributed by atoms with Crippen LogP contribution in [0, 0.1) is 6.92 Å². The molecule has 0 aliphatic heterocycles. The maximum atomic E-state index is 4.67. The molecular formula is C14H23N. The van der Waals surface area contributed by atoms with E-state index in [4.69, 9.17) is 0 Å². The lowest BCUT2D eigenvalue weighted by Gasteiger charge is -2.23. The zero-order chi connectivity index (χ0) is 11.3. The van der Waals surface area contributed by atoms with Gasteiger partial charge in [0.05, 0.1) is 0 Å². The summed E-state index contributed by atoms with van der Waals surface area (Å²) in [4.78, 5) is 4.67. The molecule has 0 amide bonds. The van der Waals surface area contributed by atoms with E-state index >= 15 is 0 Å². The third-order valence-corrected chi connectivity index (χ3v) is 3.03. The van der Waals surface area contributed by atoms with Crippen LogP contribution in [0.2, 0.25) is 0 Å². The molecule has 0 bridgehead atoms. The van der Waals surface area contributed by atoms with Gasteiger partial charge >= 0.3 is 0 Å². The SMILES string of the molecule is CC.CCC1CCCc2ccc(C)nc21. The molecule has 0 aromatic carbocycles. The summed E-state index contributed by atoms with van der Waals surface area (Å²) in [6.45, 7) is 8.35. The number of aromatic nitrogens is 1. The van der Waals surface area contributed by atoms with Gasteiger partial charge in [0.25, 0.3) is 0 Å². The average molecular weight is 205 g/mol. The van der Waals surface area contributed by atoms with Crippen LogP contribution in [0.4, 0.5) is 0 Å². The number of hydrogen-bond acceptors (Lipinski definition) is 1. The minimum atomic E-state index is 0.726. The lowest BCUT2D eigenvalue weighted by atomic mass is 9.85. The second-order valence-electron chi connectivity index (χ2n) is 3.99. The van der Waals surface area contributed by atoms with Crippen LogP contribution in [0.5, 0.6) is 0 Å². The Morgan fingerprint density at radius 2 is 2.07 bits per heavy atom. The van der Waals surface area contributed by atoms with Crippen LogP contribution >= 0.6 is 0 Å². The van der Waals surface area contributed by atoms with Gasteiger partial charge in [-0.3, -0.25) is 4.98 Å². The van der Waals surface area contributed by atoms with Crippen LogP contribution in [0.1, 0.15) is 62.9 Å². The largest absolute Gasteiger partial charge is 0.258 e. The standard InChI is InChI=1S/C12H17N.C2H6/c1-3-10-5-4-6-11-8-7-9(2)13-12(10)11;1-2/h7-8,10H,3-6H2,1-2H3;1-2H3. The Bertz CT molecular complexity index is 304. The van der Waals surface area contributed by atoms with E-state index < -0.39 is 0 Å². The summed E-state index contributed by atoms with van der Waals surface area (Å²) in [7, 11) is 0. The first-order valence-corrected chi connectivity index (χ1v) is 6.27. The van der Waals surface area contributed by atoms with Crippen molar-refractivity contribution in [2.75, 3.05) is 0 Å². The highest BCUT2D eigenvalue weighted by atomic mass is 14.7. The summed E-state index contributed by atoms with van der Waals surface area (Å²) in [5.74, 6) is 0.726. The quantitative estimate of drug-likeness (QED) is 0.668. The fourth-order valence-corrected chi connectivity index (χ4v) is 2.24. The Morgan fingerprint density at radius 1 is 1.33 bits per heavy atom. The molecule has 1 aliphatic carbocycles. The fraction of sp³-hybridized carbons (Fsp3) is 0.643. The van der Waals surface area contributed by atoms with E-state index in [1.54, 1.807) is 0 Å². The van der Waals surface area contributed by atoms with Crippen LogP contribution in [-0.4, -0.2) is 4.98 Å². The summed E-state index contributed by atoms with van der Waals surface area (Å²) in [6, 6.07) is 4.40. The van der Waals surface area contributed by atoms with Crippen molar-refractivity contribution in [1.82, 2.24) is 4.98 Å². The highest BCUT2D eigenvalue weighted by Gasteiger charge is 2.19. The molecule has 1 aromatic rings. The Hall–Kier alpha value is -0.850. The van der Waals surface area contributed by atoms with Gasteiger partial charge in [0.1, 0.15) is 0 Å². The third-order valence-electron chi connectivity index (χ3n) is 3.03. The van der Waals surface area contributed by atoms with Gasteiger partial charge in [0.15, 0.2) is 0 Å². The predicted molar refractivity (Wildman–Crippen MR) is 66.3 cm³/mol. The molecule has 0 spiro atoms. The lowest BCUT2D eigenvalue weighted by molar-refractivity contribution is 0.524. The molecular weight excluding hydrogens is 182 g/mol. The van der Waals surface area contributed by atoms with Gasteiger partial charge in [-0.15, -0.1) is 0 Å². The smallest absolute Gasteiger partial charge is 0.0469 e. The van der Waals surface area contributed by atoms with Crippen molar-refractivity contribution < 1.29 is 0 Å². The molecule has 1 atom stereocenters. The third kappa shape index (κ3) is 2.80. The number of nitrogens with zero attached hydrogens (tertiary/aromatic N) is 1. The minimum Gasteiger partial charge on any atom is -0.258 e. The second-order valence-corrected chi connectivity index (χ2v) is 3.99. The van der Waals surface area contributed by atoms with Crippen molar-refractivity contribution in [1.29, 1.82) is 0 Å². The number of fused-ring (bicyclic) bond motifs is 1. The minimum absolute atomic E-state index is 0.726. The predicted octanol–water partition coefficient (Wildman–Crippen LogP) is 4.25. The van der Waals surface area contributed by atoms with Gasteiger partial charge in [0.2, 0.25) is 0 Å².